The van der Waals surface area contributed by atoms with Crippen molar-refractivity contribution < 1.29 is 23.4 Å². The van der Waals surface area contributed by atoms with Crippen molar-refractivity contribution in [2.24, 2.45) is 0 Å². The van der Waals surface area contributed by atoms with Crippen LogP contribution in [0.1, 0.15) is 33.0 Å². The molecule has 0 saturated carbocycles. The molecule has 3 N–H and O–H groups in total. The summed E-state index contributed by atoms with van der Waals surface area (Å²) >= 11 is 3.21. The minimum atomic E-state index is -0.759. The summed E-state index contributed by atoms with van der Waals surface area (Å²) in [5.41, 5.74) is 1.36. The molecule has 0 spiro atoms. The molecule has 0 saturated heterocycles. The predicted molar refractivity (Wildman–Crippen MR) is 114 cm³/mol. The number of nitrogens with one attached hydrogen (secondary N) is 2. The van der Waals surface area contributed by atoms with E-state index in [-0.39, 0.29) is 47.7 Å². The van der Waals surface area contributed by atoms with E-state index in [2.05, 4.69) is 36.2 Å². The molecule has 0 radical (unpaired) electrons. The molecule has 2 heterocycles. The van der Waals surface area contributed by atoms with Crippen LogP contribution in [0.5, 0.6) is 5.75 Å². The number of H-pyrrole nitrogens is 1. The van der Waals surface area contributed by atoms with Crippen LogP contribution in [-0.2, 0) is 13.0 Å². The van der Waals surface area contributed by atoms with Crippen LogP contribution in [0, 0.1) is 18.6 Å². The van der Waals surface area contributed by atoms with Gasteiger partial charge >= 0.3 is 0 Å². The Morgan fingerprint density at radius 1 is 1.28 bits per heavy atom. The molecule has 32 heavy (non-hydrogen) atoms. The minimum Gasteiger partial charge on any atom is -0.487 e. The van der Waals surface area contributed by atoms with Gasteiger partial charge < -0.3 is 20.1 Å². The van der Waals surface area contributed by atoms with Crippen LogP contribution in [0.4, 0.5) is 8.78 Å². The molecule has 1 amide bonds. The van der Waals surface area contributed by atoms with Gasteiger partial charge in [-0.05, 0) is 35.0 Å². The normalized spacial score (nSPS) is 10.8. The Balaban J connectivity index is 1.85. The third kappa shape index (κ3) is 5.54. The lowest BCUT2D eigenvalue weighted by molar-refractivity contribution is 0.0939. The Hall–Kier alpha value is -3.18. The highest BCUT2D eigenvalue weighted by atomic mass is 79.9. The van der Waals surface area contributed by atoms with Crippen LogP contribution in [0.25, 0.3) is 0 Å². The minimum absolute atomic E-state index is 0.0878. The highest BCUT2D eigenvalue weighted by molar-refractivity contribution is 9.10. The first-order valence-corrected chi connectivity index (χ1v) is 10.3. The first-order valence-electron chi connectivity index (χ1n) is 9.48. The van der Waals surface area contributed by atoms with Gasteiger partial charge in [-0.25, -0.2) is 13.8 Å². The third-order valence-corrected chi connectivity index (χ3v) is 5.23. The fourth-order valence-corrected chi connectivity index (χ4v) is 3.32. The second-order valence-electron chi connectivity index (χ2n) is 6.77. The predicted octanol–water partition coefficient (Wildman–Crippen LogP) is 2.41. The van der Waals surface area contributed by atoms with E-state index in [1.807, 2.05) is 0 Å². The summed E-state index contributed by atoms with van der Waals surface area (Å²) in [6.07, 6.45) is 2.91. The molecular formula is C21H19BrF2N4O4. The Labute approximate surface area is 189 Å². The van der Waals surface area contributed by atoms with Gasteiger partial charge in [-0.3, -0.25) is 14.6 Å². The van der Waals surface area contributed by atoms with E-state index in [1.165, 1.54) is 18.5 Å². The maximum Gasteiger partial charge on any atom is 0.271 e. The molecule has 2 aromatic heterocycles. The molecule has 11 heteroatoms. The number of carbonyl (C=O) groups is 1. The number of ether oxygens (including phenoxy) is 1. The van der Waals surface area contributed by atoms with Crippen molar-refractivity contribution >= 4 is 21.8 Å². The van der Waals surface area contributed by atoms with Crippen LogP contribution in [-0.4, -0.2) is 39.1 Å². The van der Waals surface area contributed by atoms with E-state index in [1.54, 1.807) is 6.92 Å². The third-order valence-electron chi connectivity index (χ3n) is 4.51. The zero-order chi connectivity index (χ0) is 23.3. The molecule has 1 aromatic carbocycles. The summed E-state index contributed by atoms with van der Waals surface area (Å²) in [4.78, 5) is 35.1. The molecule has 0 atom stereocenters. The summed E-state index contributed by atoms with van der Waals surface area (Å²) in [6, 6.07) is 3.14. The van der Waals surface area contributed by atoms with Crippen LogP contribution in [0.2, 0.25) is 0 Å². The number of aliphatic hydroxyl groups is 1. The van der Waals surface area contributed by atoms with Crippen LogP contribution in [0.15, 0.2) is 39.9 Å². The number of aryl methyl sites for hydroxylation is 1. The number of hydrogen-bond donors (Lipinski definition) is 3. The van der Waals surface area contributed by atoms with Gasteiger partial charge in [0.25, 0.3) is 11.5 Å². The number of benzene rings is 1. The number of aromatic amines is 1. The van der Waals surface area contributed by atoms with Crippen LogP contribution >= 0.6 is 15.9 Å². The van der Waals surface area contributed by atoms with Gasteiger partial charge in [0, 0.05) is 42.0 Å². The number of carbonyl (C=O) groups excluding carboxylic acids is 1. The van der Waals surface area contributed by atoms with Crippen molar-refractivity contribution in [2.45, 2.75) is 20.0 Å². The van der Waals surface area contributed by atoms with Gasteiger partial charge in [0.05, 0.1) is 18.5 Å². The van der Waals surface area contributed by atoms with Gasteiger partial charge in [-0.1, -0.05) is 0 Å². The van der Waals surface area contributed by atoms with Gasteiger partial charge in [0.2, 0.25) is 0 Å². The summed E-state index contributed by atoms with van der Waals surface area (Å²) in [7, 11) is 0. The maximum atomic E-state index is 14.0. The van der Waals surface area contributed by atoms with Crippen LogP contribution in [0.3, 0.4) is 0 Å². The second kappa shape index (κ2) is 10.4. The van der Waals surface area contributed by atoms with Crippen molar-refractivity contribution in [1.29, 1.82) is 0 Å². The number of aromatic nitrogens is 3. The van der Waals surface area contributed by atoms with Crippen LogP contribution < -0.4 is 15.6 Å². The summed E-state index contributed by atoms with van der Waals surface area (Å²) < 4.78 is 33.0. The lowest BCUT2D eigenvalue weighted by Gasteiger charge is -2.15. The van der Waals surface area contributed by atoms with Crippen molar-refractivity contribution in [3.8, 4) is 5.75 Å². The molecule has 0 aliphatic heterocycles. The van der Waals surface area contributed by atoms with Crippen molar-refractivity contribution in [3.63, 3.8) is 0 Å². The van der Waals surface area contributed by atoms with E-state index >= 15 is 0 Å². The van der Waals surface area contributed by atoms with Gasteiger partial charge in [-0.15, -0.1) is 0 Å². The number of rotatable bonds is 8. The maximum absolute atomic E-state index is 14.0. The fourth-order valence-electron chi connectivity index (χ4n) is 2.86. The number of hydrogen-bond acceptors (Lipinski definition) is 6. The van der Waals surface area contributed by atoms with E-state index in [0.29, 0.717) is 17.0 Å². The average molecular weight is 509 g/mol. The number of amides is 1. The monoisotopic (exact) mass is 508 g/mol. The average Bonchev–Trinajstić information content (AvgIpc) is 2.77. The SMILES string of the molecule is Cc1[nH]c(=O)c(Br)c(OCc2ccc(F)cc2F)c1Cc1cnc(C(=O)NCCO)cn1. The quantitative estimate of drug-likeness (QED) is 0.430. The molecular weight excluding hydrogens is 490 g/mol. The van der Waals surface area contributed by atoms with Crippen molar-refractivity contribution in [1.82, 2.24) is 20.3 Å². The second-order valence-corrected chi connectivity index (χ2v) is 7.57. The molecule has 0 aliphatic rings. The lowest BCUT2D eigenvalue weighted by atomic mass is 10.1. The standard InChI is InChI=1S/C21H19BrF2N4O4/c1-11-15(7-14-8-27-17(9-26-14)20(30)25-4-5-29)19(18(22)21(31)28-11)32-10-12-2-3-13(23)6-16(12)24/h2-3,6,8-9,29H,4-5,7,10H2,1H3,(H,25,30)(H,28,31). The Morgan fingerprint density at radius 3 is 2.72 bits per heavy atom. The molecule has 168 valence electrons. The molecule has 0 fully saturated rings. The highest BCUT2D eigenvalue weighted by Gasteiger charge is 2.18. The number of pyridine rings is 1. The van der Waals surface area contributed by atoms with E-state index in [0.717, 1.165) is 12.1 Å². The largest absolute Gasteiger partial charge is 0.487 e. The number of aliphatic hydroxyl groups excluding tert-OH is 1. The molecule has 8 nitrogen and oxygen atoms in total. The van der Waals surface area contributed by atoms with Crippen molar-refractivity contribution in [3.05, 3.63) is 85.3 Å². The van der Waals surface area contributed by atoms with Crippen molar-refractivity contribution in [2.75, 3.05) is 13.2 Å². The van der Waals surface area contributed by atoms with E-state index < -0.39 is 23.1 Å². The summed E-state index contributed by atoms with van der Waals surface area (Å²) in [6.45, 7) is 1.36. The van der Waals surface area contributed by atoms with E-state index in [9.17, 15) is 18.4 Å². The number of halogens is 3. The molecule has 3 rings (SSSR count). The number of nitrogens with zero attached hydrogens (tertiary/aromatic N) is 2. The smallest absolute Gasteiger partial charge is 0.271 e. The fraction of sp³-hybridized carbons (Fsp3) is 0.238. The van der Waals surface area contributed by atoms with E-state index in [4.69, 9.17) is 9.84 Å². The molecule has 0 bridgehead atoms. The van der Waals surface area contributed by atoms with Gasteiger partial charge in [-0.2, -0.15) is 0 Å². The summed E-state index contributed by atoms with van der Waals surface area (Å²) in [5, 5.41) is 11.3. The Kier molecular flexibility index (Phi) is 7.65. The first kappa shape index (κ1) is 23.5. The molecule has 0 aliphatic carbocycles. The molecule has 3 aromatic rings. The van der Waals surface area contributed by atoms with Gasteiger partial charge in [0.15, 0.2) is 0 Å². The highest BCUT2D eigenvalue weighted by Crippen LogP contribution is 2.30. The zero-order valence-corrected chi connectivity index (χ0v) is 18.5. The lowest BCUT2D eigenvalue weighted by Crippen LogP contribution is -2.27. The first-order chi connectivity index (χ1) is 15.3. The van der Waals surface area contributed by atoms with Gasteiger partial charge in [0.1, 0.15) is 34.2 Å². The zero-order valence-electron chi connectivity index (χ0n) is 16.9. The Morgan fingerprint density at radius 2 is 2.06 bits per heavy atom. The Bertz CT molecular complexity index is 1190. The topological polar surface area (TPSA) is 117 Å². The summed E-state index contributed by atoms with van der Waals surface area (Å²) in [5.74, 6) is -1.73. The molecule has 0 unspecified atom stereocenters.